The van der Waals surface area contributed by atoms with Crippen LogP contribution in [0.5, 0.6) is 0 Å². The van der Waals surface area contributed by atoms with Gasteiger partial charge < -0.3 is 5.11 Å². The fourth-order valence-electron chi connectivity index (χ4n) is 1.43. The van der Waals surface area contributed by atoms with Crippen LogP contribution in [0.2, 0.25) is 0 Å². The predicted octanol–water partition coefficient (Wildman–Crippen LogP) is 0.178. The van der Waals surface area contributed by atoms with E-state index in [0.29, 0.717) is 12.8 Å². The number of hydrogen-bond acceptors (Lipinski definition) is 9. The number of aliphatic hydroxyl groups excluding tert-OH is 1. The first-order valence-electron chi connectivity index (χ1n) is 5.03. The van der Waals surface area contributed by atoms with E-state index in [-0.39, 0.29) is 18.6 Å². The SMILES string of the molecule is CC(C)(CCO)CC(CON(O)O)ON(O)O. The topological polar surface area (TPSA) is 126 Å². The summed E-state index contributed by atoms with van der Waals surface area (Å²) in [6, 6.07) is 0. The van der Waals surface area contributed by atoms with Gasteiger partial charge in [0.2, 0.25) is 0 Å². The van der Waals surface area contributed by atoms with E-state index >= 15 is 0 Å². The molecule has 0 saturated carbocycles. The largest absolute Gasteiger partial charge is 0.396 e. The van der Waals surface area contributed by atoms with E-state index in [9.17, 15) is 0 Å². The van der Waals surface area contributed by atoms with Gasteiger partial charge in [-0.3, -0.25) is 20.8 Å². The van der Waals surface area contributed by atoms with Crippen LogP contribution >= 0.6 is 0 Å². The molecule has 0 heterocycles. The van der Waals surface area contributed by atoms with Crippen molar-refractivity contribution in [2.75, 3.05) is 13.2 Å². The minimum atomic E-state index is -0.826. The molecule has 0 bridgehead atoms. The molecule has 0 aliphatic heterocycles. The molecule has 0 aliphatic rings. The molecule has 5 N–H and O–H groups in total. The van der Waals surface area contributed by atoms with Crippen LogP contribution in [0.3, 0.4) is 0 Å². The molecule has 0 rings (SSSR count). The van der Waals surface area contributed by atoms with Crippen LogP contribution in [0.25, 0.3) is 0 Å². The molecular weight excluding hydrogens is 236 g/mol. The lowest BCUT2D eigenvalue weighted by molar-refractivity contribution is -0.528. The first kappa shape index (κ1) is 16.6. The van der Waals surface area contributed by atoms with Gasteiger partial charge in [-0.15, -0.1) is 0 Å². The molecule has 0 amide bonds. The highest BCUT2D eigenvalue weighted by atomic mass is 17.1. The van der Waals surface area contributed by atoms with Gasteiger partial charge >= 0.3 is 0 Å². The Morgan fingerprint density at radius 3 is 2.12 bits per heavy atom. The second kappa shape index (κ2) is 7.87. The zero-order chi connectivity index (χ0) is 13.5. The number of aliphatic hydroxyl groups is 1. The summed E-state index contributed by atoms with van der Waals surface area (Å²) >= 11 is 0. The third-order valence-corrected chi connectivity index (χ3v) is 2.19. The molecule has 0 aromatic heterocycles. The van der Waals surface area contributed by atoms with Crippen LogP contribution in [0.1, 0.15) is 26.7 Å². The van der Waals surface area contributed by atoms with Crippen LogP contribution in [-0.2, 0) is 9.68 Å². The van der Waals surface area contributed by atoms with Crippen molar-refractivity contribution < 1.29 is 35.6 Å². The third kappa shape index (κ3) is 9.35. The Labute approximate surface area is 98.7 Å². The van der Waals surface area contributed by atoms with E-state index < -0.39 is 16.9 Å². The summed E-state index contributed by atoms with van der Waals surface area (Å²) in [6.45, 7) is 3.36. The molecule has 0 aromatic carbocycles. The van der Waals surface area contributed by atoms with Crippen LogP contribution in [0.15, 0.2) is 0 Å². The molecule has 0 saturated heterocycles. The Bertz CT molecular complexity index is 200. The molecule has 0 fully saturated rings. The standard InChI is InChI=1S/C8H20N2O7/c1-8(2,3-4-11)5-7(17-10(14)15)6-16-9(12)13/h7,11-15H,3-6H2,1-2H3. The molecule has 9 heteroatoms. The van der Waals surface area contributed by atoms with Crippen molar-refractivity contribution in [1.82, 2.24) is 10.8 Å². The number of nitrogens with zero attached hydrogens (tertiary/aromatic N) is 2. The van der Waals surface area contributed by atoms with Crippen LogP contribution in [-0.4, -0.2) is 56.0 Å². The monoisotopic (exact) mass is 256 g/mol. The van der Waals surface area contributed by atoms with Crippen LogP contribution in [0.4, 0.5) is 0 Å². The fourth-order valence-corrected chi connectivity index (χ4v) is 1.43. The normalized spacial score (nSPS) is 14.6. The summed E-state index contributed by atoms with van der Waals surface area (Å²) in [5.74, 6) is 0. The van der Waals surface area contributed by atoms with Crippen molar-refractivity contribution in [2.24, 2.45) is 5.41 Å². The minimum absolute atomic E-state index is 0.0192. The van der Waals surface area contributed by atoms with E-state index in [4.69, 9.17) is 25.9 Å². The summed E-state index contributed by atoms with van der Waals surface area (Å²) in [6.07, 6.45) is -0.0432. The minimum Gasteiger partial charge on any atom is -0.396 e. The van der Waals surface area contributed by atoms with Crippen molar-refractivity contribution in [3.63, 3.8) is 0 Å². The van der Waals surface area contributed by atoms with Crippen molar-refractivity contribution in [2.45, 2.75) is 32.8 Å². The first-order valence-corrected chi connectivity index (χ1v) is 5.03. The Kier molecular flexibility index (Phi) is 7.70. The maximum Gasteiger partial charge on any atom is 0.110 e. The molecule has 0 radical (unpaired) electrons. The summed E-state index contributed by atoms with van der Waals surface area (Å²) < 4.78 is 0. The highest BCUT2D eigenvalue weighted by Gasteiger charge is 2.26. The smallest absolute Gasteiger partial charge is 0.110 e. The van der Waals surface area contributed by atoms with E-state index in [1.807, 2.05) is 13.8 Å². The first-order chi connectivity index (χ1) is 7.76. The maximum atomic E-state index is 8.85. The Morgan fingerprint density at radius 1 is 1.12 bits per heavy atom. The average molecular weight is 256 g/mol. The average Bonchev–Trinajstić information content (AvgIpc) is 2.12. The lowest BCUT2D eigenvalue weighted by Gasteiger charge is -2.29. The highest BCUT2D eigenvalue weighted by molar-refractivity contribution is 4.73. The van der Waals surface area contributed by atoms with Crippen molar-refractivity contribution >= 4 is 0 Å². The van der Waals surface area contributed by atoms with Crippen molar-refractivity contribution in [3.05, 3.63) is 0 Å². The summed E-state index contributed by atoms with van der Waals surface area (Å²) in [5.41, 5.74) is -0.339. The quantitative estimate of drug-likeness (QED) is 0.367. The molecule has 9 nitrogen and oxygen atoms in total. The van der Waals surface area contributed by atoms with Gasteiger partial charge in [0, 0.05) is 6.61 Å². The zero-order valence-electron chi connectivity index (χ0n) is 9.85. The Morgan fingerprint density at radius 2 is 1.71 bits per heavy atom. The third-order valence-electron chi connectivity index (χ3n) is 2.19. The van der Waals surface area contributed by atoms with Gasteiger partial charge in [0.05, 0.1) is 10.8 Å². The van der Waals surface area contributed by atoms with Gasteiger partial charge in [-0.25, -0.2) is 9.68 Å². The van der Waals surface area contributed by atoms with Gasteiger partial charge in [-0.1, -0.05) is 13.8 Å². The molecule has 0 aromatic rings. The van der Waals surface area contributed by atoms with E-state index in [1.54, 1.807) is 0 Å². The highest BCUT2D eigenvalue weighted by Crippen LogP contribution is 2.27. The van der Waals surface area contributed by atoms with E-state index in [1.165, 1.54) is 0 Å². The lowest BCUT2D eigenvalue weighted by atomic mass is 9.84. The van der Waals surface area contributed by atoms with Gasteiger partial charge in [0.25, 0.3) is 0 Å². The van der Waals surface area contributed by atoms with Crippen molar-refractivity contribution in [3.8, 4) is 0 Å². The lowest BCUT2D eigenvalue weighted by Crippen LogP contribution is -2.34. The fraction of sp³-hybridized carbons (Fsp3) is 1.00. The molecular formula is C8H20N2O7. The number of rotatable bonds is 9. The molecule has 17 heavy (non-hydrogen) atoms. The predicted molar refractivity (Wildman–Crippen MR) is 51.7 cm³/mol. The molecule has 104 valence electrons. The molecule has 0 spiro atoms. The van der Waals surface area contributed by atoms with Gasteiger partial charge in [-0.05, 0) is 18.3 Å². The summed E-state index contributed by atoms with van der Waals surface area (Å²) in [4.78, 5) is 8.91. The van der Waals surface area contributed by atoms with Crippen LogP contribution < -0.4 is 0 Å². The second-order valence-corrected chi connectivity index (χ2v) is 4.37. The van der Waals surface area contributed by atoms with E-state index in [2.05, 4.69) is 9.68 Å². The number of hydrogen-bond donors (Lipinski definition) is 5. The maximum absolute atomic E-state index is 8.85. The van der Waals surface area contributed by atoms with Gasteiger partial charge in [0.15, 0.2) is 0 Å². The Hall–Kier alpha value is -0.360. The second-order valence-electron chi connectivity index (χ2n) is 4.37. The van der Waals surface area contributed by atoms with Gasteiger partial charge in [0.1, 0.15) is 12.7 Å². The summed E-state index contributed by atoms with van der Waals surface area (Å²) in [7, 11) is 0. The molecule has 1 atom stereocenters. The van der Waals surface area contributed by atoms with E-state index in [0.717, 1.165) is 0 Å². The Balaban J connectivity index is 4.26. The molecule has 0 aliphatic carbocycles. The van der Waals surface area contributed by atoms with Gasteiger partial charge in [-0.2, -0.15) is 0 Å². The summed E-state index contributed by atoms with van der Waals surface area (Å²) in [5, 5.41) is 41.7. The van der Waals surface area contributed by atoms with Crippen LogP contribution in [0, 0.1) is 5.41 Å². The molecule has 1 unspecified atom stereocenters. The zero-order valence-corrected chi connectivity index (χ0v) is 9.85. The van der Waals surface area contributed by atoms with Crippen molar-refractivity contribution in [1.29, 1.82) is 0 Å².